The maximum Gasteiger partial charge on any atom is 0.274 e. The molecule has 2 aromatic heterocycles. The number of carbonyl (C=O) groups excluding carboxylic acids is 1. The summed E-state index contributed by atoms with van der Waals surface area (Å²) in [4.78, 5) is 27.1. The topological polar surface area (TPSA) is 85.0 Å². The van der Waals surface area contributed by atoms with Crippen molar-refractivity contribution in [2.75, 3.05) is 6.54 Å². The molecule has 3 heterocycles. The standard InChI is InChI=1S/C19H19N5O2/c25-19(16-13-20-10-11-21-16)24-12-4-7-15(24)8-9-17-22-18(26-23-17)14-5-2-1-3-6-14/h1-3,5-6,10-11,13,15H,4,7-9,12H2. The minimum Gasteiger partial charge on any atom is -0.334 e. The van der Waals surface area contributed by atoms with Crippen LogP contribution < -0.4 is 0 Å². The van der Waals surface area contributed by atoms with Gasteiger partial charge in [-0.05, 0) is 31.4 Å². The van der Waals surface area contributed by atoms with Gasteiger partial charge in [0.05, 0.1) is 6.20 Å². The second kappa shape index (κ2) is 7.43. The number of hydrogen-bond donors (Lipinski definition) is 0. The van der Waals surface area contributed by atoms with Crippen molar-refractivity contribution in [1.82, 2.24) is 25.0 Å². The van der Waals surface area contributed by atoms with Crippen LogP contribution in [0.1, 0.15) is 35.6 Å². The lowest BCUT2D eigenvalue weighted by molar-refractivity contribution is 0.0723. The number of aromatic nitrogens is 4. The zero-order valence-electron chi connectivity index (χ0n) is 14.3. The van der Waals surface area contributed by atoms with Crippen LogP contribution in [-0.2, 0) is 6.42 Å². The minimum atomic E-state index is -0.0568. The van der Waals surface area contributed by atoms with E-state index in [1.165, 1.54) is 6.20 Å². The number of nitrogens with zero attached hydrogens (tertiary/aromatic N) is 5. The van der Waals surface area contributed by atoms with E-state index in [4.69, 9.17) is 4.52 Å². The van der Waals surface area contributed by atoms with Gasteiger partial charge in [0.15, 0.2) is 5.82 Å². The first kappa shape index (κ1) is 16.4. The van der Waals surface area contributed by atoms with Crippen LogP contribution in [0.25, 0.3) is 11.5 Å². The molecule has 0 saturated carbocycles. The summed E-state index contributed by atoms with van der Waals surface area (Å²) in [6.45, 7) is 0.752. The summed E-state index contributed by atoms with van der Waals surface area (Å²) in [5.41, 5.74) is 1.30. The molecular weight excluding hydrogens is 330 g/mol. The Morgan fingerprint density at radius 2 is 2.12 bits per heavy atom. The van der Waals surface area contributed by atoms with E-state index in [9.17, 15) is 4.79 Å². The molecule has 0 bridgehead atoms. The van der Waals surface area contributed by atoms with Crippen molar-refractivity contribution in [3.8, 4) is 11.5 Å². The molecule has 1 amide bonds. The summed E-state index contributed by atoms with van der Waals surface area (Å²) >= 11 is 0. The molecule has 3 aromatic rings. The Morgan fingerprint density at radius 3 is 2.92 bits per heavy atom. The molecular formula is C19H19N5O2. The number of carbonyl (C=O) groups is 1. The SMILES string of the molecule is O=C(c1cnccn1)N1CCCC1CCc1noc(-c2ccccc2)n1. The molecule has 1 atom stereocenters. The monoisotopic (exact) mass is 349 g/mol. The lowest BCUT2D eigenvalue weighted by Crippen LogP contribution is -2.36. The highest BCUT2D eigenvalue weighted by Gasteiger charge is 2.30. The fourth-order valence-corrected chi connectivity index (χ4v) is 3.31. The number of amides is 1. The van der Waals surface area contributed by atoms with Crippen LogP contribution in [0.3, 0.4) is 0 Å². The van der Waals surface area contributed by atoms with Crippen LogP contribution in [-0.4, -0.2) is 43.5 Å². The lowest BCUT2D eigenvalue weighted by atomic mass is 10.1. The Hall–Kier alpha value is -3.09. The first-order valence-corrected chi connectivity index (χ1v) is 8.76. The van der Waals surface area contributed by atoms with Crippen molar-refractivity contribution < 1.29 is 9.32 Å². The van der Waals surface area contributed by atoms with Crippen molar-refractivity contribution in [3.63, 3.8) is 0 Å². The summed E-state index contributed by atoms with van der Waals surface area (Å²) in [5, 5.41) is 4.07. The van der Waals surface area contributed by atoms with Gasteiger partial charge in [-0.25, -0.2) is 4.98 Å². The average molecular weight is 349 g/mol. The normalized spacial score (nSPS) is 16.8. The molecule has 0 spiro atoms. The third-order valence-corrected chi connectivity index (χ3v) is 4.61. The summed E-state index contributed by atoms with van der Waals surface area (Å²) in [6.07, 6.45) is 8.09. The van der Waals surface area contributed by atoms with Gasteiger partial charge < -0.3 is 9.42 Å². The fraction of sp³-hybridized carbons (Fsp3) is 0.316. The summed E-state index contributed by atoms with van der Waals surface area (Å²) < 4.78 is 5.35. The van der Waals surface area contributed by atoms with Crippen molar-refractivity contribution in [3.05, 3.63) is 60.4 Å². The predicted octanol–water partition coefficient (Wildman–Crippen LogP) is 2.76. The van der Waals surface area contributed by atoms with Crippen LogP contribution in [0, 0.1) is 0 Å². The van der Waals surface area contributed by atoms with Gasteiger partial charge in [0.25, 0.3) is 11.8 Å². The number of aryl methyl sites for hydroxylation is 1. The molecule has 1 unspecified atom stereocenters. The molecule has 1 saturated heterocycles. The molecule has 7 heteroatoms. The zero-order valence-corrected chi connectivity index (χ0v) is 14.3. The van der Waals surface area contributed by atoms with Gasteiger partial charge >= 0.3 is 0 Å². The molecule has 1 aromatic carbocycles. The highest BCUT2D eigenvalue weighted by molar-refractivity contribution is 5.92. The first-order chi connectivity index (χ1) is 12.8. The van der Waals surface area contributed by atoms with Crippen LogP contribution in [0.15, 0.2) is 53.4 Å². The second-order valence-corrected chi connectivity index (χ2v) is 6.31. The fourth-order valence-electron chi connectivity index (χ4n) is 3.31. The van der Waals surface area contributed by atoms with Crippen LogP contribution in [0.2, 0.25) is 0 Å². The zero-order chi connectivity index (χ0) is 17.8. The van der Waals surface area contributed by atoms with Gasteiger partial charge in [-0.2, -0.15) is 4.98 Å². The number of benzene rings is 1. The van der Waals surface area contributed by atoms with Gasteiger partial charge in [-0.15, -0.1) is 0 Å². The summed E-state index contributed by atoms with van der Waals surface area (Å²) in [5.74, 6) is 1.14. The molecule has 4 rings (SSSR count). The van der Waals surface area contributed by atoms with Gasteiger partial charge in [0.2, 0.25) is 0 Å². The number of likely N-dealkylation sites (tertiary alicyclic amines) is 1. The van der Waals surface area contributed by atoms with Crippen molar-refractivity contribution in [1.29, 1.82) is 0 Å². The smallest absolute Gasteiger partial charge is 0.274 e. The predicted molar refractivity (Wildman–Crippen MR) is 94.1 cm³/mol. The van der Waals surface area contributed by atoms with Crippen LogP contribution in [0.5, 0.6) is 0 Å². The van der Waals surface area contributed by atoms with Crippen molar-refractivity contribution in [2.24, 2.45) is 0 Å². The maximum absolute atomic E-state index is 12.6. The molecule has 0 aliphatic carbocycles. The van der Waals surface area contributed by atoms with Gasteiger partial charge in [-0.1, -0.05) is 23.4 Å². The Kier molecular flexibility index (Phi) is 4.68. The van der Waals surface area contributed by atoms with E-state index < -0.39 is 0 Å². The van der Waals surface area contributed by atoms with E-state index in [2.05, 4.69) is 20.1 Å². The highest BCUT2D eigenvalue weighted by Crippen LogP contribution is 2.24. The quantitative estimate of drug-likeness (QED) is 0.704. The number of hydrogen-bond acceptors (Lipinski definition) is 6. The van der Waals surface area contributed by atoms with Crippen LogP contribution in [0.4, 0.5) is 0 Å². The molecule has 1 fully saturated rings. The van der Waals surface area contributed by atoms with Gasteiger partial charge in [0, 0.05) is 37.0 Å². The van der Waals surface area contributed by atoms with Crippen LogP contribution >= 0.6 is 0 Å². The van der Waals surface area contributed by atoms with E-state index in [0.717, 1.165) is 31.4 Å². The Morgan fingerprint density at radius 1 is 1.23 bits per heavy atom. The number of rotatable bonds is 5. The Bertz CT molecular complexity index is 866. The van der Waals surface area contributed by atoms with Gasteiger partial charge in [0.1, 0.15) is 5.69 Å². The van der Waals surface area contributed by atoms with Crippen molar-refractivity contribution in [2.45, 2.75) is 31.7 Å². The molecule has 0 N–H and O–H groups in total. The van der Waals surface area contributed by atoms with E-state index in [0.29, 0.717) is 23.8 Å². The molecule has 1 aliphatic heterocycles. The average Bonchev–Trinajstić information content (AvgIpc) is 3.36. The van der Waals surface area contributed by atoms with E-state index in [1.54, 1.807) is 12.4 Å². The second-order valence-electron chi connectivity index (χ2n) is 6.31. The highest BCUT2D eigenvalue weighted by atomic mass is 16.5. The third-order valence-electron chi connectivity index (χ3n) is 4.61. The largest absolute Gasteiger partial charge is 0.334 e. The van der Waals surface area contributed by atoms with E-state index >= 15 is 0 Å². The lowest BCUT2D eigenvalue weighted by Gasteiger charge is -2.23. The molecule has 1 aliphatic rings. The summed E-state index contributed by atoms with van der Waals surface area (Å²) in [7, 11) is 0. The van der Waals surface area contributed by atoms with Crippen molar-refractivity contribution >= 4 is 5.91 Å². The first-order valence-electron chi connectivity index (χ1n) is 8.76. The van der Waals surface area contributed by atoms with E-state index in [1.807, 2.05) is 35.2 Å². The summed E-state index contributed by atoms with van der Waals surface area (Å²) in [6, 6.07) is 9.87. The maximum atomic E-state index is 12.6. The molecule has 26 heavy (non-hydrogen) atoms. The Labute approximate surface area is 151 Å². The molecule has 0 radical (unpaired) electrons. The molecule has 7 nitrogen and oxygen atoms in total. The third kappa shape index (κ3) is 3.46. The van der Waals surface area contributed by atoms with Gasteiger partial charge in [-0.3, -0.25) is 9.78 Å². The Balaban J connectivity index is 1.40. The van der Waals surface area contributed by atoms with E-state index in [-0.39, 0.29) is 11.9 Å². The minimum absolute atomic E-state index is 0.0568. The molecule has 132 valence electrons.